The van der Waals surface area contributed by atoms with Gasteiger partial charge in [-0.25, -0.2) is 0 Å². The maximum absolute atomic E-state index is 5.26. The predicted molar refractivity (Wildman–Crippen MR) is 30.9 cm³/mol. The third kappa shape index (κ3) is 0.788. The first kappa shape index (κ1) is 5.11. The van der Waals surface area contributed by atoms with Gasteiger partial charge in [0.05, 0.1) is 5.69 Å². The zero-order chi connectivity index (χ0) is 5.98. The van der Waals surface area contributed by atoms with E-state index in [0.29, 0.717) is 12.4 Å². The molecule has 0 fully saturated rings. The van der Waals surface area contributed by atoms with Crippen LogP contribution < -0.4 is 11.5 Å². The van der Waals surface area contributed by atoms with Crippen LogP contribution in [0.25, 0.3) is 0 Å². The zero-order valence-electron chi connectivity index (χ0n) is 4.39. The van der Waals surface area contributed by atoms with Crippen molar-refractivity contribution in [1.82, 2.24) is 10.2 Å². The summed E-state index contributed by atoms with van der Waals surface area (Å²) in [7, 11) is 0. The van der Waals surface area contributed by atoms with Crippen LogP contribution in [0.4, 0.5) is 5.82 Å². The van der Waals surface area contributed by atoms with Crippen molar-refractivity contribution in [3.8, 4) is 0 Å². The Morgan fingerprint density at radius 3 is 2.75 bits per heavy atom. The summed E-state index contributed by atoms with van der Waals surface area (Å²) in [6.45, 7) is 0.462. The van der Waals surface area contributed by atoms with Gasteiger partial charge in [0.25, 0.3) is 0 Å². The number of aromatic amines is 1. The highest BCUT2D eigenvalue weighted by Crippen LogP contribution is 1.96. The summed E-state index contributed by atoms with van der Waals surface area (Å²) in [5, 5.41) is 6.32. The van der Waals surface area contributed by atoms with E-state index in [4.69, 9.17) is 11.5 Å². The van der Waals surface area contributed by atoms with E-state index in [0.717, 1.165) is 5.69 Å². The van der Waals surface area contributed by atoms with Crippen LogP contribution in [0.3, 0.4) is 0 Å². The SMILES string of the molecule is NCc1cc(N)n[nH]1. The normalized spacial score (nSPS) is 9.62. The number of anilines is 1. The summed E-state index contributed by atoms with van der Waals surface area (Å²) in [6, 6.07) is 1.71. The van der Waals surface area contributed by atoms with Gasteiger partial charge >= 0.3 is 0 Å². The summed E-state index contributed by atoms with van der Waals surface area (Å²) in [6.07, 6.45) is 0. The number of nitrogen functional groups attached to an aromatic ring is 1. The Bertz CT molecular complexity index is 168. The molecule has 0 radical (unpaired) electrons. The summed E-state index contributed by atoms with van der Waals surface area (Å²) >= 11 is 0. The van der Waals surface area contributed by atoms with Crippen LogP contribution in [0.1, 0.15) is 5.69 Å². The number of nitrogens with two attached hydrogens (primary N) is 2. The lowest BCUT2D eigenvalue weighted by Crippen LogP contribution is -1.95. The van der Waals surface area contributed by atoms with Gasteiger partial charge in [-0.2, -0.15) is 5.10 Å². The molecule has 1 aromatic heterocycles. The summed E-state index contributed by atoms with van der Waals surface area (Å²) in [5.74, 6) is 0.491. The number of nitrogens with zero attached hydrogens (tertiary/aromatic N) is 1. The van der Waals surface area contributed by atoms with Gasteiger partial charge in [0.15, 0.2) is 0 Å². The average Bonchev–Trinajstić information content (AvgIpc) is 2.14. The van der Waals surface area contributed by atoms with Crippen molar-refractivity contribution in [3.05, 3.63) is 11.8 Å². The van der Waals surface area contributed by atoms with E-state index in [9.17, 15) is 0 Å². The number of H-pyrrole nitrogens is 1. The highest BCUT2D eigenvalue weighted by Gasteiger charge is 1.90. The van der Waals surface area contributed by atoms with Crippen molar-refractivity contribution >= 4 is 5.82 Å². The number of aromatic nitrogens is 2. The molecule has 0 aliphatic heterocycles. The molecule has 0 unspecified atom stereocenters. The third-order valence-electron chi connectivity index (χ3n) is 0.871. The molecule has 0 aliphatic rings. The molecule has 1 aromatic rings. The Balaban J connectivity index is 2.84. The number of rotatable bonds is 1. The fraction of sp³-hybridized carbons (Fsp3) is 0.250. The maximum atomic E-state index is 5.26. The largest absolute Gasteiger partial charge is 0.382 e. The van der Waals surface area contributed by atoms with Gasteiger partial charge in [-0.3, -0.25) is 5.10 Å². The predicted octanol–water partition coefficient (Wildman–Crippen LogP) is -0.549. The highest BCUT2D eigenvalue weighted by atomic mass is 15.2. The number of nitrogens with one attached hydrogen (secondary N) is 1. The summed E-state index contributed by atoms with van der Waals surface area (Å²) < 4.78 is 0. The summed E-state index contributed by atoms with van der Waals surface area (Å²) in [4.78, 5) is 0. The Hall–Kier alpha value is -1.03. The van der Waals surface area contributed by atoms with Crippen LogP contribution in [0.5, 0.6) is 0 Å². The van der Waals surface area contributed by atoms with Gasteiger partial charge in [0.2, 0.25) is 0 Å². The second-order valence-corrected chi connectivity index (χ2v) is 1.52. The fourth-order valence-electron chi connectivity index (χ4n) is 0.484. The Labute approximate surface area is 46.9 Å². The third-order valence-corrected chi connectivity index (χ3v) is 0.871. The van der Waals surface area contributed by atoms with Gasteiger partial charge in [-0.1, -0.05) is 0 Å². The van der Waals surface area contributed by atoms with Crippen LogP contribution in [0.2, 0.25) is 0 Å². The van der Waals surface area contributed by atoms with Gasteiger partial charge in [-0.15, -0.1) is 0 Å². The second-order valence-electron chi connectivity index (χ2n) is 1.52. The average molecular weight is 112 g/mol. The lowest BCUT2D eigenvalue weighted by atomic mass is 10.4. The molecule has 4 nitrogen and oxygen atoms in total. The topological polar surface area (TPSA) is 80.7 Å². The van der Waals surface area contributed by atoms with E-state index in [2.05, 4.69) is 10.2 Å². The van der Waals surface area contributed by atoms with Crippen LogP contribution in [0.15, 0.2) is 6.07 Å². The van der Waals surface area contributed by atoms with E-state index in [1.165, 1.54) is 0 Å². The maximum Gasteiger partial charge on any atom is 0.145 e. The van der Waals surface area contributed by atoms with Crippen LogP contribution >= 0.6 is 0 Å². The standard InChI is InChI=1S/C4H8N4/c5-2-3-1-4(6)8-7-3/h1H,2,5H2,(H3,6,7,8). The molecule has 1 rings (SSSR count). The summed E-state index contributed by atoms with van der Waals surface area (Å²) in [5.41, 5.74) is 11.4. The lowest BCUT2D eigenvalue weighted by molar-refractivity contribution is 0.949. The van der Waals surface area contributed by atoms with Crippen molar-refractivity contribution in [2.75, 3.05) is 5.73 Å². The molecule has 8 heavy (non-hydrogen) atoms. The number of hydrogen-bond donors (Lipinski definition) is 3. The number of hydrogen-bond acceptors (Lipinski definition) is 3. The van der Waals surface area contributed by atoms with Crippen molar-refractivity contribution in [2.24, 2.45) is 5.73 Å². The van der Waals surface area contributed by atoms with E-state index in [-0.39, 0.29) is 0 Å². The first-order valence-corrected chi connectivity index (χ1v) is 2.33. The van der Waals surface area contributed by atoms with Crippen LogP contribution in [-0.4, -0.2) is 10.2 Å². The van der Waals surface area contributed by atoms with E-state index >= 15 is 0 Å². The van der Waals surface area contributed by atoms with Gasteiger partial charge in [0.1, 0.15) is 5.82 Å². The van der Waals surface area contributed by atoms with Gasteiger partial charge in [-0.05, 0) is 0 Å². The monoisotopic (exact) mass is 112 g/mol. The molecule has 0 bridgehead atoms. The van der Waals surface area contributed by atoms with E-state index in [1.54, 1.807) is 6.07 Å². The fourth-order valence-corrected chi connectivity index (χ4v) is 0.484. The molecule has 0 saturated carbocycles. The Morgan fingerprint density at radius 2 is 2.50 bits per heavy atom. The van der Waals surface area contributed by atoms with Gasteiger partial charge in [0, 0.05) is 12.6 Å². The molecule has 0 saturated heterocycles. The minimum Gasteiger partial charge on any atom is -0.382 e. The van der Waals surface area contributed by atoms with E-state index in [1.807, 2.05) is 0 Å². The molecule has 0 amide bonds. The smallest absolute Gasteiger partial charge is 0.145 e. The lowest BCUT2D eigenvalue weighted by Gasteiger charge is -1.80. The Morgan fingerprint density at radius 1 is 1.75 bits per heavy atom. The molecule has 4 heteroatoms. The van der Waals surface area contributed by atoms with Crippen molar-refractivity contribution in [3.63, 3.8) is 0 Å². The van der Waals surface area contributed by atoms with Crippen molar-refractivity contribution in [2.45, 2.75) is 6.54 Å². The molecular formula is C4H8N4. The highest BCUT2D eigenvalue weighted by molar-refractivity contribution is 5.27. The minimum atomic E-state index is 0.462. The molecule has 44 valence electrons. The Kier molecular flexibility index (Phi) is 1.17. The molecule has 0 spiro atoms. The quantitative estimate of drug-likeness (QED) is 0.456. The van der Waals surface area contributed by atoms with Crippen LogP contribution in [-0.2, 0) is 6.54 Å². The molecule has 0 atom stereocenters. The van der Waals surface area contributed by atoms with Gasteiger partial charge < -0.3 is 11.5 Å². The second kappa shape index (κ2) is 1.83. The van der Waals surface area contributed by atoms with Crippen molar-refractivity contribution in [1.29, 1.82) is 0 Å². The molecule has 0 aromatic carbocycles. The van der Waals surface area contributed by atoms with E-state index < -0.39 is 0 Å². The molecule has 5 N–H and O–H groups in total. The molecule has 0 aliphatic carbocycles. The molecule has 1 heterocycles. The molecular weight excluding hydrogens is 104 g/mol. The minimum absolute atomic E-state index is 0.462. The van der Waals surface area contributed by atoms with Crippen molar-refractivity contribution < 1.29 is 0 Å². The first-order chi connectivity index (χ1) is 3.83. The first-order valence-electron chi connectivity index (χ1n) is 2.33. The van der Waals surface area contributed by atoms with Crippen LogP contribution in [0, 0.1) is 0 Å². The zero-order valence-corrected chi connectivity index (χ0v) is 4.39.